The predicted octanol–water partition coefficient (Wildman–Crippen LogP) is 2.31. The van der Waals surface area contributed by atoms with Crippen LogP contribution in [-0.4, -0.2) is 28.4 Å². The summed E-state index contributed by atoms with van der Waals surface area (Å²) in [4.78, 5) is 13.1. The Bertz CT molecular complexity index is 461. The van der Waals surface area contributed by atoms with E-state index in [0.717, 1.165) is 12.8 Å². The normalized spacial score (nSPS) is 28.4. The Kier molecular flexibility index (Phi) is 2.49. The Morgan fingerprint density at radius 2 is 2.06 bits per heavy atom. The molecule has 1 heterocycles. The van der Waals surface area contributed by atoms with Crippen molar-refractivity contribution < 1.29 is 14.6 Å². The lowest BCUT2D eigenvalue weighted by Crippen LogP contribution is -2.35. The van der Waals surface area contributed by atoms with Crippen LogP contribution in [0.15, 0.2) is 24.3 Å². The Hall–Kier alpha value is -1.26. The molecule has 1 saturated carbocycles. The van der Waals surface area contributed by atoms with E-state index in [1.165, 1.54) is 4.90 Å². The van der Waals surface area contributed by atoms with Crippen molar-refractivity contribution in [1.29, 1.82) is 0 Å². The molecule has 0 bridgehead atoms. The maximum atomic E-state index is 11.7. The molecule has 3 rings (SSSR count). The number of benzene rings is 1. The van der Waals surface area contributed by atoms with Crippen LogP contribution in [0.2, 0.25) is 5.02 Å². The molecule has 1 aliphatic heterocycles. The zero-order chi connectivity index (χ0) is 12.0. The minimum absolute atomic E-state index is 0.130. The number of aliphatic hydroxyl groups excluding tert-OH is 1. The smallest absolute Gasteiger partial charge is 0.413 e. The maximum Gasteiger partial charge on any atom is 0.413 e. The first-order valence-corrected chi connectivity index (χ1v) is 5.97. The predicted molar refractivity (Wildman–Crippen MR) is 61.5 cm³/mol. The lowest BCUT2D eigenvalue weighted by atomic mass is 10.1. The fourth-order valence-corrected chi connectivity index (χ4v) is 2.38. The number of rotatable bonds is 2. The Labute approximate surface area is 104 Å². The highest BCUT2D eigenvalue weighted by molar-refractivity contribution is 6.31. The van der Waals surface area contributed by atoms with Gasteiger partial charge >= 0.3 is 6.09 Å². The third kappa shape index (κ3) is 1.77. The van der Waals surface area contributed by atoms with Gasteiger partial charge in [0.2, 0.25) is 0 Å². The van der Waals surface area contributed by atoms with Crippen LogP contribution in [0.25, 0.3) is 0 Å². The molecule has 2 unspecified atom stereocenters. The van der Waals surface area contributed by atoms with Crippen molar-refractivity contribution >= 4 is 17.7 Å². The second-order valence-corrected chi connectivity index (χ2v) is 4.79. The van der Waals surface area contributed by atoms with Crippen molar-refractivity contribution in [1.82, 2.24) is 4.90 Å². The van der Waals surface area contributed by atoms with Crippen molar-refractivity contribution in [3.05, 3.63) is 34.9 Å². The van der Waals surface area contributed by atoms with Crippen LogP contribution in [0.3, 0.4) is 0 Å². The molecule has 1 saturated heterocycles. The van der Waals surface area contributed by atoms with Crippen molar-refractivity contribution in [2.75, 3.05) is 0 Å². The molecule has 2 fully saturated rings. The molecule has 1 amide bonds. The number of cyclic esters (lactones) is 1. The average molecular weight is 254 g/mol. The molecule has 5 heteroatoms. The van der Waals surface area contributed by atoms with E-state index in [2.05, 4.69) is 0 Å². The molecule has 4 nitrogen and oxygen atoms in total. The number of nitrogens with zero attached hydrogens (tertiary/aromatic N) is 1. The molecular formula is C12H12ClNO3. The SMILES string of the molecule is O=C1OC(c2ccccc2Cl)C(O)N1C1CC1. The lowest BCUT2D eigenvalue weighted by molar-refractivity contribution is 0.0106. The van der Waals surface area contributed by atoms with Gasteiger partial charge in [0.1, 0.15) is 0 Å². The summed E-state index contributed by atoms with van der Waals surface area (Å²) in [6.45, 7) is 0. The standard InChI is InChI=1S/C12H12ClNO3/c13-9-4-2-1-3-8(9)10-11(15)14(7-5-6-7)12(16)17-10/h1-4,7,10-11,15H,5-6H2. The van der Waals surface area contributed by atoms with E-state index in [4.69, 9.17) is 16.3 Å². The first-order chi connectivity index (χ1) is 8.18. The van der Waals surface area contributed by atoms with Gasteiger partial charge in [0.05, 0.1) is 0 Å². The second kappa shape index (κ2) is 3.89. The lowest BCUT2D eigenvalue weighted by Gasteiger charge is -2.19. The molecule has 1 aromatic rings. The van der Waals surface area contributed by atoms with Crippen LogP contribution >= 0.6 is 11.6 Å². The first-order valence-electron chi connectivity index (χ1n) is 5.60. The summed E-state index contributed by atoms with van der Waals surface area (Å²) in [5.74, 6) is 0. The summed E-state index contributed by atoms with van der Waals surface area (Å²) in [5, 5.41) is 10.6. The van der Waals surface area contributed by atoms with Crippen LogP contribution in [0, 0.1) is 0 Å². The van der Waals surface area contributed by atoms with E-state index in [9.17, 15) is 9.90 Å². The Balaban J connectivity index is 1.90. The summed E-state index contributed by atoms with van der Waals surface area (Å²) in [5.41, 5.74) is 0.651. The molecule has 0 aromatic heterocycles. The summed E-state index contributed by atoms with van der Waals surface area (Å²) in [7, 11) is 0. The van der Waals surface area contributed by atoms with Crippen LogP contribution in [0.4, 0.5) is 4.79 Å². The highest BCUT2D eigenvalue weighted by Crippen LogP contribution is 2.40. The number of ether oxygens (including phenoxy) is 1. The number of carbonyl (C=O) groups excluding carboxylic acids is 1. The number of hydrogen-bond donors (Lipinski definition) is 1. The highest BCUT2D eigenvalue weighted by Gasteiger charge is 2.48. The minimum Gasteiger partial charge on any atom is -0.436 e. The summed E-state index contributed by atoms with van der Waals surface area (Å²) < 4.78 is 5.21. The number of carbonyl (C=O) groups is 1. The van der Waals surface area contributed by atoms with Crippen LogP contribution in [0.5, 0.6) is 0 Å². The van der Waals surface area contributed by atoms with E-state index in [-0.39, 0.29) is 6.04 Å². The molecule has 0 spiro atoms. The first kappa shape index (κ1) is 10.9. The molecule has 2 aliphatic rings. The van der Waals surface area contributed by atoms with Gasteiger partial charge < -0.3 is 9.84 Å². The van der Waals surface area contributed by atoms with Gasteiger partial charge in [-0.3, -0.25) is 4.90 Å². The van der Waals surface area contributed by atoms with Crippen LogP contribution < -0.4 is 0 Å². The van der Waals surface area contributed by atoms with E-state index >= 15 is 0 Å². The van der Waals surface area contributed by atoms with Crippen LogP contribution in [0.1, 0.15) is 24.5 Å². The van der Waals surface area contributed by atoms with Gasteiger partial charge in [0.15, 0.2) is 12.3 Å². The van der Waals surface area contributed by atoms with Gasteiger partial charge in [-0.15, -0.1) is 0 Å². The fraction of sp³-hybridized carbons (Fsp3) is 0.417. The van der Waals surface area contributed by atoms with Crippen molar-refractivity contribution in [2.45, 2.75) is 31.2 Å². The number of halogens is 1. The number of hydrogen-bond acceptors (Lipinski definition) is 3. The average Bonchev–Trinajstić information content (AvgIpc) is 3.07. The fourth-order valence-electron chi connectivity index (χ4n) is 2.13. The minimum atomic E-state index is -0.935. The van der Waals surface area contributed by atoms with Crippen molar-refractivity contribution in [3.63, 3.8) is 0 Å². The summed E-state index contributed by atoms with van der Waals surface area (Å²) in [6, 6.07) is 7.22. The topological polar surface area (TPSA) is 49.8 Å². The second-order valence-electron chi connectivity index (χ2n) is 4.38. The van der Waals surface area contributed by atoms with E-state index in [1.54, 1.807) is 18.2 Å². The third-order valence-electron chi connectivity index (χ3n) is 3.15. The van der Waals surface area contributed by atoms with Crippen molar-refractivity contribution in [3.8, 4) is 0 Å². The largest absolute Gasteiger partial charge is 0.436 e. The van der Waals surface area contributed by atoms with E-state index < -0.39 is 18.4 Å². The maximum absolute atomic E-state index is 11.7. The van der Waals surface area contributed by atoms with Crippen molar-refractivity contribution in [2.24, 2.45) is 0 Å². The van der Waals surface area contributed by atoms with Gasteiger partial charge in [0.25, 0.3) is 0 Å². The Morgan fingerprint density at radius 1 is 1.35 bits per heavy atom. The zero-order valence-corrected chi connectivity index (χ0v) is 9.80. The van der Waals surface area contributed by atoms with Crippen LogP contribution in [-0.2, 0) is 4.74 Å². The monoisotopic (exact) mass is 253 g/mol. The van der Waals surface area contributed by atoms with E-state index in [1.807, 2.05) is 6.07 Å². The quantitative estimate of drug-likeness (QED) is 0.880. The van der Waals surface area contributed by atoms with E-state index in [0.29, 0.717) is 10.6 Å². The number of amides is 1. The van der Waals surface area contributed by atoms with Gasteiger partial charge in [-0.2, -0.15) is 0 Å². The Morgan fingerprint density at radius 3 is 2.71 bits per heavy atom. The molecule has 1 N–H and O–H groups in total. The molecule has 17 heavy (non-hydrogen) atoms. The summed E-state index contributed by atoms with van der Waals surface area (Å²) >= 11 is 6.04. The molecule has 0 radical (unpaired) electrons. The summed E-state index contributed by atoms with van der Waals surface area (Å²) in [6.07, 6.45) is -0.209. The molecular weight excluding hydrogens is 242 g/mol. The van der Waals surface area contributed by atoms with Gasteiger partial charge in [-0.25, -0.2) is 4.79 Å². The number of aliphatic hydroxyl groups is 1. The molecule has 2 atom stereocenters. The van der Waals surface area contributed by atoms with Gasteiger partial charge in [0, 0.05) is 16.6 Å². The zero-order valence-electron chi connectivity index (χ0n) is 9.04. The van der Waals surface area contributed by atoms with Gasteiger partial charge in [-0.1, -0.05) is 29.8 Å². The molecule has 1 aliphatic carbocycles. The van der Waals surface area contributed by atoms with Gasteiger partial charge in [-0.05, 0) is 18.9 Å². The molecule has 1 aromatic carbocycles. The third-order valence-corrected chi connectivity index (χ3v) is 3.49. The molecule has 90 valence electrons. The highest BCUT2D eigenvalue weighted by atomic mass is 35.5.